The third-order valence-electron chi connectivity index (χ3n) is 5.99. The van der Waals surface area contributed by atoms with Gasteiger partial charge in [-0.3, -0.25) is 4.90 Å². The summed E-state index contributed by atoms with van der Waals surface area (Å²) in [5, 5.41) is 0. The van der Waals surface area contributed by atoms with Gasteiger partial charge in [0.1, 0.15) is 0 Å². The quantitative estimate of drug-likeness (QED) is 0.614. The van der Waals surface area contributed by atoms with Crippen molar-refractivity contribution in [1.82, 2.24) is 9.21 Å². The van der Waals surface area contributed by atoms with Gasteiger partial charge in [0.05, 0.1) is 10.9 Å². The van der Waals surface area contributed by atoms with Crippen LogP contribution in [0.2, 0.25) is 0 Å². The number of hydrogen-bond donors (Lipinski definition) is 0. The van der Waals surface area contributed by atoms with Crippen LogP contribution in [0.5, 0.6) is 0 Å². The molecule has 0 aromatic heterocycles. The van der Waals surface area contributed by atoms with Crippen molar-refractivity contribution in [2.45, 2.75) is 24.8 Å². The van der Waals surface area contributed by atoms with Gasteiger partial charge in [-0.25, -0.2) is 8.42 Å². The Kier molecular flexibility index (Phi) is 6.04. The van der Waals surface area contributed by atoms with E-state index in [4.69, 9.17) is 0 Å². The first kappa shape index (κ1) is 20.8. The number of piperazine rings is 1. The highest BCUT2D eigenvalue weighted by molar-refractivity contribution is 7.89. The van der Waals surface area contributed by atoms with Crippen molar-refractivity contribution < 1.29 is 8.42 Å². The zero-order valence-electron chi connectivity index (χ0n) is 17.5. The molecule has 30 heavy (non-hydrogen) atoms. The SMILES string of the molecule is Cc1ccc(S(=O)(=O)N2CCN(C(c3ccccc3)c3ccccc3)CC2)cc1C. The number of benzene rings is 3. The Balaban J connectivity index is 1.55. The minimum Gasteiger partial charge on any atom is -0.290 e. The molecule has 1 heterocycles. The molecule has 0 bridgehead atoms. The van der Waals surface area contributed by atoms with Gasteiger partial charge in [0, 0.05) is 26.2 Å². The van der Waals surface area contributed by atoms with Crippen LogP contribution in [0.4, 0.5) is 0 Å². The second-order valence-electron chi connectivity index (χ2n) is 7.91. The lowest BCUT2D eigenvalue weighted by Gasteiger charge is -2.39. The number of aryl methyl sites for hydroxylation is 2. The summed E-state index contributed by atoms with van der Waals surface area (Å²) in [5.41, 5.74) is 4.57. The van der Waals surface area contributed by atoms with Gasteiger partial charge in [0.2, 0.25) is 10.0 Å². The molecule has 1 aliphatic heterocycles. The normalized spacial score (nSPS) is 16.1. The molecule has 5 heteroatoms. The average Bonchev–Trinajstić information content (AvgIpc) is 2.78. The Morgan fingerprint density at radius 3 is 1.73 bits per heavy atom. The summed E-state index contributed by atoms with van der Waals surface area (Å²) in [4.78, 5) is 2.78. The molecule has 0 aliphatic carbocycles. The molecule has 3 aromatic carbocycles. The van der Waals surface area contributed by atoms with Crippen LogP contribution in [0.25, 0.3) is 0 Å². The maximum atomic E-state index is 13.2. The second-order valence-corrected chi connectivity index (χ2v) is 9.85. The predicted octanol–water partition coefficient (Wildman–Crippen LogP) is 4.40. The molecule has 0 atom stereocenters. The molecule has 0 N–H and O–H groups in total. The maximum Gasteiger partial charge on any atom is 0.243 e. The van der Waals surface area contributed by atoms with Gasteiger partial charge in [0.25, 0.3) is 0 Å². The van der Waals surface area contributed by atoms with Crippen molar-refractivity contribution in [3.8, 4) is 0 Å². The molecular formula is C25H28N2O2S. The number of rotatable bonds is 5. The van der Waals surface area contributed by atoms with Crippen molar-refractivity contribution >= 4 is 10.0 Å². The fourth-order valence-corrected chi connectivity index (χ4v) is 5.62. The Morgan fingerprint density at radius 2 is 1.23 bits per heavy atom. The van der Waals surface area contributed by atoms with Gasteiger partial charge in [-0.15, -0.1) is 0 Å². The van der Waals surface area contributed by atoms with Crippen LogP contribution < -0.4 is 0 Å². The van der Waals surface area contributed by atoms with Gasteiger partial charge in [-0.2, -0.15) is 4.31 Å². The molecule has 0 spiro atoms. The number of nitrogens with zero attached hydrogens (tertiary/aromatic N) is 2. The smallest absolute Gasteiger partial charge is 0.243 e. The summed E-state index contributed by atoms with van der Waals surface area (Å²) in [6.45, 7) is 6.32. The minimum absolute atomic E-state index is 0.124. The monoisotopic (exact) mass is 420 g/mol. The fourth-order valence-electron chi connectivity index (χ4n) is 4.11. The van der Waals surface area contributed by atoms with E-state index in [0.29, 0.717) is 31.1 Å². The predicted molar refractivity (Wildman–Crippen MR) is 121 cm³/mol. The molecule has 3 aromatic rings. The maximum absolute atomic E-state index is 13.2. The highest BCUT2D eigenvalue weighted by Gasteiger charge is 2.32. The van der Waals surface area contributed by atoms with Gasteiger partial charge in [-0.1, -0.05) is 66.7 Å². The summed E-state index contributed by atoms with van der Waals surface area (Å²) in [6, 6.07) is 26.4. The van der Waals surface area contributed by atoms with Crippen molar-refractivity contribution in [3.05, 3.63) is 101 Å². The second kappa shape index (κ2) is 8.72. The van der Waals surface area contributed by atoms with E-state index in [-0.39, 0.29) is 6.04 Å². The van der Waals surface area contributed by atoms with E-state index >= 15 is 0 Å². The van der Waals surface area contributed by atoms with Gasteiger partial charge >= 0.3 is 0 Å². The molecule has 156 valence electrons. The van der Waals surface area contributed by atoms with E-state index in [9.17, 15) is 8.42 Å². The van der Waals surface area contributed by atoms with Gasteiger partial charge in [0.15, 0.2) is 0 Å². The fraction of sp³-hybridized carbons (Fsp3) is 0.280. The van der Waals surface area contributed by atoms with E-state index in [1.807, 2.05) is 32.0 Å². The Morgan fingerprint density at radius 1 is 0.700 bits per heavy atom. The molecule has 0 unspecified atom stereocenters. The summed E-state index contributed by atoms with van der Waals surface area (Å²) < 4.78 is 28.0. The summed E-state index contributed by atoms with van der Waals surface area (Å²) >= 11 is 0. The molecule has 1 aliphatic rings. The molecule has 4 rings (SSSR count). The van der Waals surface area contributed by atoms with Gasteiger partial charge < -0.3 is 0 Å². The summed E-state index contributed by atoms with van der Waals surface area (Å²) in [6.07, 6.45) is 0. The number of sulfonamides is 1. The van der Waals surface area contributed by atoms with Crippen LogP contribution in [-0.4, -0.2) is 43.8 Å². The standard InChI is InChI=1S/C25H28N2O2S/c1-20-13-14-24(19-21(20)2)30(28,29)27-17-15-26(16-18-27)25(22-9-5-3-6-10-22)23-11-7-4-8-12-23/h3-14,19,25H,15-18H2,1-2H3. The highest BCUT2D eigenvalue weighted by Crippen LogP contribution is 2.30. The minimum atomic E-state index is -3.47. The van der Waals surface area contributed by atoms with Crippen LogP contribution in [0.15, 0.2) is 83.8 Å². The van der Waals surface area contributed by atoms with Crippen molar-refractivity contribution in [1.29, 1.82) is 0 Å². The Labute approximate surface area is 179 Å². The van der Waals surface area contributed by atoms with E-state index in [2.05, 4.69) is 53.4 Å². The first-order chi connectivity index (χ1) is 14.5. The third kappa shape index (κ3) is 4.19. The molecule has 0 amide bonds. The van der Waals surface area contributed by atoms with Gasteiger partial charge in [-0.05, 0) is 48.2 Å². The van der Waals surface area contributed by atoms with E-state index in [0.717, 1.165) is 11.1 Å². The van der Waals surface area contributed by atoms with E-state index in [1.165, 1.54) is 11.1 Å². The van der Waals surface area contributed by atoms with E-state index in [1.54, 1.807) is 16.4 Å². The molecule has 0 radical (unpaired) electrons. The lowest BCUT2D eigenvalue weighted by Crippen LogP contribution is -2.49. The van der Waals surface area contributed by atoms with Crippen LogP contribution in [-0.2, 0) is 10.0 Å². The number of hydrogen-bond acceptors (Lipinski definition) is 3. The Bertz CT molecular complexity index is 1050. The molecule has 4 nitrogen and oxygen atoms in total. The van der Waals surface area contributed by atoms with Crippen LogP contribution in [0, 0.1) is 13.8 Å². The largest absolute Gasteiger partial charge is 0.290 e. The summed E-state index contributed by atoms with van der Waals surface area (Å²) in [5.74, 6) is 0. The van der Waals surface area contributed by atoms with Crippen LogP contribution >= 0.6 is 0 Å². The molecule has 0 saturated carbocycles. The van der Waals surface area contributed by atoms with Crippen LogP contribution in [0.1, 0.15) is 28.3 Å². The zero-order chi connectivity index (χ0) is 21.1. The highest BCUT2D eigenvalue weighted by atomic mass is 32.2. The summed E-state index contributed by atoms with van der Waals surface area (Å²) in [7, 11) is -3.47. The average molecular weight is 421 g/mol. The van der Waals surface area contributed by atoms with Crippen molar-refractivity contribution in [2.75, 3.05) is 26.2 Å². The third-order valence-corrected chi connectivity index (χ3v) is 7.88. The Hall–Kier alpha value is -2.47. The topological polar surface area (TPSA) is 40.6 Å². The van der Waals surface area contributed by atoms with E-state index < -0.39 is 10.0 Å². The first-order valence-electron chi connectivity index (χ1n) is 10.4. The molecular weight excluding hydrogens is 392 g/mol. The van der Waals surface area contributed by atoms with Crippen molar-refractivity contribution in [2.24, 2.45) is 0 Å². The first-order valence-corrected chi connectivity index (χ1v) is 11.8. The molecule has 1 saturated heterocycles. The zero-order valence-corrected chi connectivity index (χ0v) is 18.3. The lowest BCUT2D eigenvalue weighted by molar-refractivity contribution is 0.156. The van der Waals surface area contributed by atoms with Crippen LogP contribution in [0.3, 0.4) is 0 Å². The lowest BCUT2D eigenvalue weighted by atomic mass is 9.96. The van der Waals surface area contributed by atoms with Crippen molar-refractivity contribution in [3.63, 3.8) is 0 Å². The molecule has 1 fully saturated rings.